The van der Waals surface area contributed by atoms with Gasteiger partial charge in [0, 0.05) is 10.4 Å². The predicted molar refractivity (Wildman–Crippen MR) is 79.5 cm³/mol. The third kappa shape index (κ3) is 4.38. The van der Waals surface area contributed by atoms with Crippen molar-refractivity contribution < 1.29 is 17.9 Å². The first-order valence-corrected chi connectivity index (χ1v) is 7.36. The smallest absolute Gasteiger partial charge is 0.416 e. The van der Waals surface area contributed by atoms with E-state index in [1.54, 1.807) is 24.3 Å². The highest BCUT2D eigenvalue weighted by atomic mass is 79.9. The highest BCUT2D eigenvalue weighted by Crippen LogP contribution is 2.30. The average Bonchev–Trinajstić information content (AvgIpc) is 2.46. The molecule has 0 heterocycles. The van der Waals surface area contributed by atoms with Crippen LogP contribution in [0.4, 0.5) is 13.2 Å². The Morgan fingerprint density at radius 1 is 1.10 bits per heavy atom. The predicted octanol–water partition coefficient (Wildman–Crippen LogP) is 5.79. The van der Waals surface area contributed by atoms with Gasteiger partial charge >= 0.3 is 6.18 Å². The SMILES string of the molecule is FC(F)(F)c1cccc(COc2ccc(Br)c(CCl)c2)c1. The maximum atomic E-state index is 12.6. The van der Waals surface area contributed by atoms with Crippen LogP contribution in [0.5, 0.6) is 5.75 Å². The van der Waals surface area contributed by atoms with E-state index in [0.29, 0.717) is 17.2 Å². The van der Waals surface area contributed by atoms with E-state index in [1.807, 2.05) is 0 Å². The van der Waals surface area contributed by atoms with Crippen molar-refractivity contribution in [1.29, 1.82) is 0 Å². The van der Waals surface area contributed by atoms with E-state index in [9.17, 15) is 13.2 Å². The minimum atomic E-state index is -4.35. The van der Waals surface area contributed by atoms with E-state index in [0.717, 1.165) is 22.2 Å². The van der Waals surface area contributed by atoms with Gasteiger partial charge in [-0.2, -0.15) is 13.2 Å². The number of halogens is 5. The zero-order valence-corrected chi connectivity index (χ0v) is 13.1. The molecule has 0 aromatic heterocycles. The standard InChI is InChI=1S/C15H11BrClF3O/c16-14-5-4-13(7-11(14)8-17)21-9-10-2-1-3-12(6-10)15(18,19)20/h1-7H,8-9H2. The highest BCUT2D eigenvalue weighted by molar-refractivity contribution is 9.10. The zero-order chi connectivity index (χ0) is 15.5. The van der Waals surface area contributed by atoms with Crippen LogP contribution in [-0.2, 0) is 18.7 Å². The molecule has 0 amide bonds. The summed E-state index contributed by atoms with van der Waals surface area (Å²) >= 11 is 9.13. The highest BCUT2D eigenvalue weighted by Gasteiger charge is 2.30. The maximum Gasteiger partial charge on any atom is 0.416 e. The lowest BCUT2D eigenvalue weighted by Crippen LogP contribution is -2.06. The normalized spacial score (nSPS) is 11.5. The fourth-order valence-electron chi connectivity index (χ4n) is 1.75. The Bertz CT molecular complexity index is 629. The molecular formula is C15H11BrClF3O. The van der Waals surface area contributed by atoms with Gasteiger partial charge in [-0.25, -0.2) is 0 Å². The number of hydrogen-bond donors (Lipinski definition) is 0. The first-order chi connectivity index (χ1) is 9.90. The Morgan fingerprint density at radius 3 is 2.52 bits per heavy atom. The summed E-state index contributed by atoms with van der Waals surface area (Å²) in [4.78, 5) is 0. The fourth-order valence-corrected chi connectivity index (χ4v) is 2.52. The van der Waals surface area contributed by atoms with E-state index in [2.05, 4.69) is 15.9 Å². The van der Waals surface area contributed by atoms with Crippen molar-refractivity contribution in [2.45, 2.75) is 18.7 Å². The van der Waals surface area contributed by atoms with Crippen LogP contribution in [0.2, 0.25) is 0 Å². The molecule has 0 N–H and O–H groups in total. The molecule has 0 saturated carbocycles. The molecule has 112 valence electrons. The van der Waals surface area contributed by atoms with E-state index >= 15 is 0 Å². The molecular weight excluding hydrogens is 369 g/mol. The molecule has 0 aliphatic rings. The lowest BCUT2D eigenvalue weighted by molar-refractivity contribution is -0.137. The van der Waals surface area contributed by atoms with Crippen molar-refractivity contribution in [3.8, 4) is 5.75 Å². The van der Waals surface area contributed by atoms with Crippen LogP contribution in [0, 0.1) is 0 Å². The number of rotatable bonds is 4. The molecule has 0 saturated heterocycles. The van der Waals surface area contributed by atoms with Crippen LogP contribution in [-0.4, -0.2) is 0 Å². The third-order valence-corrected chi connectivity index (χ3v) is 3.88. The number of alkyl halides is 4. The van der Waals surface area contributed by atoms with E-state index in [-0.39, 0.29) is 6.61 Å². The molecule has 6 heteroatoms. The monoisotopic (exact) mass is 378 g/mol. The molecule has 0 bridgehead atoms. The largest absolute Gasteiger partial charge is 0.489 e. The number of hydrogen-bond acceptors (Lipinski definition) is 1. The first kappa shape index (κ1) is 16.2. The summed E-state index contributed by atoms with van der Waals surface area (Å²) in [6.07, 6.45) is -4.35. The van der Waals surface area contributed by atoms with Gasteiger partial charge in [0.2, 0.25) is 0 Å². The molecule has 0 aliphatic carbocycles. The van der Waals surface area contributed by atoms with Crippen molar-refractivity contribution >= 4 is 27.5 Å². The molecule has 1 nitrogen and oxygen atoms in total. The van der Waals surface area contributed by atoms with Gasteiger partial charge in [0.05, 0.1) is 5.56 Å². The van der Waals surface area contributed by atoms with E-state index < -0.39 is 11.7 Å². The van der Waals surface area contributed by atoms with Gasteiger partial charge in [-0.15, -0.1) is 11.6 Å². The van der Waals surface area contributed by atoms with Gasteiger partial charge in [-0.05, 0) is 41.5 Å². The third-order valence-electron chi connectivity index (χ3n) is 2.82. The Hall–Kier alpha value is -1.20. The van der Waals surface area contributed by atoms with Crippen molar-refractivity contribution in [2.75, 3.05) is 0 Å². The Balaban J connectivity index is 2.10. The summed E-state index contributed by atoms with van der Waals surface area (Å²) in [5.41, 5.74) is 0.638. The summed E-state index contributed by atoms with van der Waals surface area (Å²) in [6.45, 7) is 0.0628. The van der Waals surface area contributed by atoms with E-state index in [1.165, 1.54) is 6.07 Å². The zero-order valence-electron chi connectivity index (χ0n) is 10.8. The van der Waals surface area contributed by atoms with Crippen molar-refractivity contribution in [2.24, 2.45) is 0 Å². The van der Waals surface area contributed by atoms with Gasteiger partial charge < -0.3 is 4.74 Å². The van der Waals surface area contributed by atoms with Gasteiger partial charge in [0.15, 0.2) is 0 Å². The molecule has 2 aromatic rings. The molecule has 0 radical (unpaired) electrons. The van der Waals surface area contributed by atoms with Crippen LogP contribution < -0.4 is 4.74 Å². The Morgan fingerprint density at radius 2 is 1.86 bits per heavy atom. The van der Waals surface area contributed by atoms with Crippen LogP contribution >= 0.6 is 27.5 Å². The Labute approximate surface area is 133 Å². The Kier molecular flexibility index (Phi) is 5.17. The minimum absolute atomic E-state index is 0.0628. The maximum absolute atomic E-state index is 12.6. The molecule has 0 aliphatic heterocycles. The quantitative estimate of drug-likeness (QED) is 0.611. The molecule has 2 aromatic carbocycles. The molecule has 0 atom stereocenters. The summed E-state index contributed by atoms with van der Waals surface area (Å²) in [6, 6.07) is 10.4. The summed E-state index contributed by atoms with van der Waals surface area (Å²) < 4.78 is 44.2. The topological polar surface area (TPSA) is 9.23 Å². The van der Waals surface area contributed by atoms with Crippen molar-refractivity contribution in [1.82, 2.24) is 0 Å². The van der Waals surface area contributed by atoms with Crippen LogP contribution in [0.25, 0.3) is 0 Å². The molecule has 2 rings (SSSR count). The van der Waals surface area contributed by atoms with Crippen molar-refractivity contribution in [3.63, 3.8) is 0 Å². The number of benzene rings is 2. The van der Waals surface area contributed by atoms with Crippen molar-refractivity contribution in [3.05, 3.63) is 63.6 Å². The van der Waals surface area contributed by atoms with Gasteiger partial charge in [-0.3, -0.25) is 0 Å². The van der Waals surface area contributed by atoms with E-state index in [4.69, 9.17) is 16.3 Å². The number of ether oxygens (including phenoxy) is 1. The second-order valence-corrected chi connectivity index (χ2v) is 5.50. The summed E-state index contributed by atoms with van der Waals surface area (Å²) in [7, 11) is 0. The second-order valence-electron chi connectivity index (χ2n) is 4.37. The lowest BCUT2D eigenvalue weighted by atomic mass is 10.1. The molecule has 0 spiro atoms. The van der Waals surface area contributed by atoms with Gasteiger partial charge in [0.1, 0.15) is 12.4 Å². The van der Waals surface area contributed by atoms with Crippen LogP contribution in [0.1, 0.15) is 16.7 Å². The lowest BCUT2D eigenvalue weighted by Gasteiger charge is -2.11. The average molecular weight is 380 g/mol. The summed E-state index contributed by atoms with van der Waals surface area (Å²) in [5, 5.41) is 0. The first-order valence-electron chi connectivity index (χ1n) is 6.03. The molecule has 21 heavy (non-hydrogen) atoms. The van der Waals surface area contributed by atoms with Crippen LogP contribution in [0.3, 0.4) is 0 Å². The fraction of sp³-hybridized carbons (Fsp3) is 0.200. The van der Waals surface area contributed by atoms with Crippen LogP contribution in [0.15, 0.2) is 46.9 Å². The minimum Gasteiger partial charge on any atom is -0.489 e. The van der Waals surface area contributed by atoms with Gasteiger partial charge in [-0.1, -0.05) is 28.1 Å². The van der Waals surface area contributed by atoms with Gasteiger partial charge in [0.25, 0.3) is 0 Å². The molecule has 0 unspecified atom stereocenters. The summed E-state index contributed by atoms with van der Waals surface area (Å²) in [5.74, 6) is 0.882. The molecule has 0 fully saturated rings. The second kappa shape index (κ2) is 6.71.